The molecule has 2 heteroatoms. The number of nitrogens with one attached hydrogen (secondary N) is 1. The number of ether oxygens (including phenoxy) is 1. The van der Waals surface area contributed by atoms with Crippen molar-refractivity contribution in [3.05, 3.63) is 0 Å². The molecule has 0 aromatic heterocycles. The van der Waals surface area contributed by atoms with Gasteiger partial charge in [-0.3, -0.25) is 0 Å². The minimum absolute atomic E-state index is 0.518. The number of hydrogen-bond donors (Lipinski definition) is 1. The molecule has 2 aliphatic carbocycles. The van der Waals surface area contributed by atoms with Crippen LogP contribution in [0.2, 0.25) is 0 Å². The van der Waals surface area contributed by atoms with Crippen molar-refractivity contribution in [2.24, 2.45) is 5.92 Å². The minimum Gasteiger partial charge on any atom is -0.381 e. The molecule has 2 saturated carbocycles. The van der Waals surface area contributed by atoms with Gasteiger partial charge in [0.05, 0.1) is 6.10 Å². The fraction of sp³-hybridized carbons (Fsp3) is 1.00. The molecule has 17 heavy (non-hydrogen) atoms. The van der Waals surface area contributed by atoms with Gasteiger partial charge in [0.15, 0.2) is 0 Å². The molecular formula is C15H29NO. The summed E-state index contributed by atoms with van der Waals surface area (Å²) in [5, 5.41) is 3.86. The zero-order valence-corrected chi connectivity index (χ0v) is 11.6. The lowest BCUT2D eigenvalue weighted by Crippen LogP contribution is -2.39. The Kier molecular flexibility index (Phi) is 5.30. The van der Waals surface area contributed by atoms with Crippen LogP contribution in [-0.2, 0) is 4.74 Å². The summed E-state index contributed by atoms with van der Waals surface area (Å²) in [4.78, 5) is 0. The first-order valence-corrected chi connectivity index (χ1v) is 7.60. The molecule has 0 bridgehead atoms. The van der Waals surface area contributed by atoms with Gasteiger partial charge in [-0.1, -0.05) is 19.8 Å². The maximum atomic E-state index is 5.44. The Balaban J connectivity index is 1.65. The fourth-order valence-electron chi connectivity index (χ4n) is 3.66. The molecule has 100 valence electrons. The lowest BCUT2D eigenvalue weighted by molar-refractivity contribution is 0.106. The van der Waals surface area contributed by atoms with Gasteiger partial charge >= 0.3 is 0 Å². The van der Waals surface area contributed by atoms with Crippen LogP contribution in [0, 0.1) is 5.92 Å². The molecule has 2 atom stereocenters. The van der Waals surface area contributed by atoms with Crippen LogP contribution in [0.5, 0.6) is 0 Å². The van der Waals surface area contributed by atoms with E-state index in [-0.39, 0.29) is 0 Å². The van der Waals surface area contributed by atoms with Gasteiger partial charge in [-0.2, -0.15) is 0 Å². The van der Waals surface area contributed by atoms with E-state index in [1.807, 2.05) is 7.11 Å². The second kappa shape index (κ2) is 6.75. The molecule has 0 aliphatic heterocycles. The van der Waals surface area contributed by atoms with Crippen LogP contribution < -0.4 is 5.32 Å². The highest BCUT2D eigenvalue weighted by Gasteiger charge is 2.28. The van der Waals surface area contributed by atoms with E-state index in [0.29, 0.717) is 6.10 Å². The van der Waals surface area contributed by atoms with Crippen LogP contribution in [0.3, 0.4) is 0 Å². The van der Waals surface area contributed by atoms with E-state index in [4.69, 9.17) is 4.74 Å². The van der Waals surface area contributed by atoms with Crippen molar-refractivity contribution in [2.45, 2.75) is 82.9 Å². The lowest BCUT2D eigenvalue weighted by Gasteiger charge is -2.31. The quantitative estimate of drug-likeness (QED) is 0.793. The summed E-state index contributed by atoms with van der Waals surface area (Å²) in [6.45, 7) is 2.31. The zero-order chi connectivity index (χ0) is 12.1. The van der Waals surface area contributed by atoms with Crippen molar-refractivity contribution in [1.29, 1.82) is 0 Å². The Bertz CT molecular complexity index is 211. The van der Waals surface area contributed by atoms with Crippen molar-refractivity contribution < 1.29 is 4.74 Å². The highest BCUT2D eigenvalue weighted by Crippen LogP contribution is 2.29. The molecule has 0 amide bonds. The minimum atomic E-state index is 0.518. The largest absolute Gasteiger partial charge is 0.381 e. The second-order valence-electron chi connectivity index (χ2n) is 6.04. The monoisotopic (exact) mass is 239 g/mol. The molecule has 0 aromatic rings. The third-order valence-electron chi connectivity index (χ3n) is 4.73. The van der Waals surface area contributed by atoms with Crippen LogP contribution in [0.1, 0.15) is 64.7 Å². The molecule has 0 heterocycles. The molecule has 2 rings (SSSR count). The van der Waals surface area contributed by atoms with Crippen LogP contribution in [0.15, 0.2) is 0 Å². The molecule has 2 fully saturated rings. The summed E-state index contributed by atoms with van der Waals surface area (Å²) < 4.78 is 5.44. The van der Waals surface area contributed by atoms with Crippen LogP contribution in [-0.4, -0.2) is 25.3 Å². The van der Waals surface area contributed by atoms with E-state index >= 15 is 0 Å². The molecule has 2 nitrogen and oxygen atoms in total. The first-order chi connectivity index (χ1) is 8.31. The maximum absolute atomic E-state index is 5.44. The standard InChI is InChI=1S/C15H29NO/c1-3-4-12-5-7-13(8-6-12)16-14-9-10-15(11-14)17-2/h12-16H,3-11H2,1-2H3. The number of methoxy groups -OCH3 is 1. The topological polar surface area (TPSA) is 21.3 Å². The van der Waals surface area contributed by atoms with E-state index in [9.17, 15) is 0 Å². The maximum Gasteiger partial charge on any atom is 0.0586 e. The Hall–Kier alpha value is -0.0800. The van der Waals surface area contributed by atoms with E-state index < -0.39 is 0 Å². The van der Waals surface area contributed by atoms with E-state index in [1.165, 1.54) is 57.8 Å². The lowest BCUT2D eigenvalue weighted by atomic mass is 9.83. The third kappa shape index (κ3) is 3.96. The van der Waals surface area contributed by atoms with Gasteiger partial charge < -0.3 is 10.1 Å². The Morgan fingerprint density at radius 2 is 1.71 bits per heavy atom. The van der Waals surface area contributed by atoms with Gasteiger partial charge in [0.2, 0.25) is 0 Å². The summed E-state index contributed by atoms with van der Waals surface area (Å²) in [5.41, 5.74) is 0. The van der Waals surface area contributed by atoms with Crippen molar-refractivity contribution in [3.8, 4) is 0 Å². The number of hydrogen-bond acceptors (Lipinski definition) is 2. The van der Waals surface area contributed by atoms with Crippen LogP contribution in [0.4, 0.5) is 0 Å². The molecule has 1 N–H and O–H groups in total. The predicted octanol–water partition coefficient (Wildman–Crippen LogP) is 3.50. The van der Waals surface area contributed by atoms with Gasteiger partial charge in [0.1, 0.15) is 0 Å². The van der Waals surface area contributed by atoms with Gasteiger partial charge in [0, 0.05) is 19.2 Å². The summed E-state index contributed by atoms with van der Waals surface area (Å²) in [7, 11) is 1.85. The predicted molar refractivity (Wildman–Crippen MR) is 72.2 cm³/mol. The molecule has 2 aliphatic rings. The third-order valence-corrected chi connectivity index (χ3v) is 4.73. The first kappa shape index (κ1) is 13.4. The van der Waals surface area contributed by atoms with Crippen LogP contribution in [0.25, 0.3) is 0 Å². The van der Waals surface area contributed by atoms with Crippen LogP contribution >= 0.6 is 0 Å². The average molecular weight is 239 g/mol. The molecule has 0 spiro atoms. The summed E-state index contributed by atoms with van der Waals surface area (Å²) in [6, 6.07) is 1.52. The summed E-state index contributed by atoms with van der Waals surface area (Å²) in [6.07, 6.45) is 12.8. The fourth-order valence-corrected chi connectivity index (χ4v) is 3.66. The highest BCUT2D eigenvalue weighted by molar-refractivity contribution is 4.86. The van der Waals surface area contributed by atoms with Gasteiger partial charge in [-0.25, -0.2) is 0 Å². The zero-order valence-electron chi connectivity index (χ0n) is 11.6. The van der Waals surface area contributed by atoms with Gasteiger partial charge in [0.25, 0.3) is 0 Å². The van der Waals surface area contributed by atoms with E-state index in [0.717, 1.165) is 18.0 Å². The Morgan fingerprint density at radius 3 is 2.29 bits per heavy atom. The van der Waals surface area contributed by atoms with Crippen molar-refractivity contribution in [2.75, 3.05) is 7.11 Å². The van der Waals surface area contributed by atoms with Gasteiger partial charge in [-0.05, 0) is 50.9 Å². The van der Waals surface area contributed by atoms with E-state index in [2.05, 4.69) is 12.2 Å². The molecular weight excluding hydrogens is 210 g/mol. The highest BCUT2D eigenvalue weighted by atomic mass is 16.5. The average Bonchev–Trinajstić information content (AvgIpc) is 2.80. The van der Waals surface area contributed by atoms with Crippen molar-refractivity contribution in [1.82, 2.24) is 5.32 Å². The van der Waals surface area contributed by atoms with Crippen molar-refractivity contribution >= 4 is 0 Å². The summed E-state index contributed by atoms with van der Waals surface area (Å²) >= 11 is 0. The van der Waals surface area contributed by atoms with Crippen molar-refractivity contribution in [3.63, 3.8) is 0 Å². The second-order valence-corrected chi connectivity index (χ2v) is 6.04. The molecule has 0 radical (unpaired) electrons. The molecule has 2 unspecified atom stereocenters. The number of rotatable bonds is 5. The first-order valence-electron chi connectivity index (χ1n) is 7.60. The molecule has 0 aromatic carbocycles. The Morgan fingerprint density at radius 1 is 1.00 bits per heavy atom. The summed E-state index contributed by atoms with van der Waals surface area (Å²) in [5.74, 6) is 1.02. The van der Waals surface area contributed by atoms with Gasteiger partial charge in [-0.15, -0.1) is 0 Å². The Labute approximate surface area is 107 Å². The van der Waals surface area contributed by atoms with E-state index in [1.54, 1.807) is 0 Å². The SMILES string of the molecule is CCCC1CCC(NC2CCC(OC)C2)CC1. The normalized spacial score (nSPS) is 38.5. The smallest absolute Gasteiger partial charge is 0.0586 e. The molecule has 0 saturated heterocycles.